The molecule has 0 unspecified atom stereocenters. The second kappa shape index (κ2) is 5.59. The van der Waals surface area contributed by atoms with Crippen LogP contribution in [0.1, 0.15) is 16.8 Å². The van der Waals surface area contributed by atoms with Crippen LogP contribution in [-0.2, 0) is 13.0 Å². The third-order valence-electron chi connectivity index (χ3n) is 2.64. The van der Waals surface area contributed by atoms with E-state index in [1.807, 2.05) is 13.0 Å². The van der Waals surface area contributed by atoms with Crippen molar-refractivity contribution in [2.24, 2.45) is 0 Å². The topological polar surface area (TPSA) is 40.7 Å². The second-order valence-electron chi connectivity index (χ2n) is 4.10. The van der Waals surface area contributed by atoms with Crippen molar-refractivity contribution in [1.29, 1.82) is 0 Å². The van der Waals surface area contributed by atoms with Gasteiger partial charge in [-0.1, -0.05) is 17.7 Å². The van der Waals surface area contributed by atoms with Gasteiger partial charge in [0.25, 0.3) is 0 Å². The molecule has 0 aliphatic heterocycles. The van der Waals surface area contributed by atoms with Crippen LogP contribution in [-0.4, -0.2) is 16.5 Å². The summed E-state index contributed by atoms with van der Waals surface area (Å²) in [7, 11) is 0. The molecule has 1 aromatic heterocycles. The minimum absolute atomic E-state index is 0.148. The zero-order valence-corrected chi connectivity index (χ0v) is 9.83. The van der Waals surface area contributed by atoms with E-state index in [9.17, 15) is 4.39 Å². The van der Waals surface area contributed by atoms with Crippen molar-refractivity contribution >= 4 is 0 Å². The van der Waals surface area contributed by atoms with Crippen molar-refractivity contribution in [2.75, 3.05) is 6.54 Å². The number of halogens is 1. The maximum absolute atomic E-state index is 13.4. The summed E-state index contributed by atoms with van der Waals surface area (Å²) in [5.41, 5.74) is 2.88. The second-order valence-corrected chi connectivity index (χ2v) is 4.10. The van der Waals surface area contributed by atoms with Gasteiger partial charge in [0.2, 0.25) is 0 Å². The van der Waals surface area contributed by atoms with Gasteiger partial charge in [-0.2, -0.15) is 0 Å². The Labute approximate surface area is 100 Å². The summed E-state index contributed by atoms with van der Waals surface area (Å²) in [5, 5.41) is 3.22. The standard InChI is InChI=1S/C13H16FN3/c1-10-2-3-13(14)11(6-10)7-15-5-4-12-8-16-9-17-12/h2-3,6,8-9,15H,4-5,7H2,1H3,(H,16,17). The Kier molecular flexibility index (Phi) is 3.88. The maximum atomic E-state index is 13.4. The Morgan fingerprint density at radius 3 is 3.06 bits per heavy atom. The van der Waals surface area contributed by atoms with Crippen LogP contribution in [0.2, 0.25) is 0 Å². The van der Waals surface area contributed by atoms with E-state index in [4.69, 9.17) is 0 Å². The lowest BCUT2D eigenvalue weighted by molar-refractivity contribution is 0.587. The van der Waals surface area contributed by atoms with Gasteiger partial charge >= 0.3 is 0 Å². The minimum Gasteiger partial charge on any atom is -0.348 e. The number of H-pyrrole nitrogens is 1. The van der Waals surface area contributed by atoms with Crippen LogP contribution in [0.5, 0.6) is 0 Å². The van der Waals surface area contributed by atoms with Crippen LogP contribution in [0.15, 0.2) is 30.7 Å². The predicted molar refractivity (Wildman–Crippen MR) is 65.1 cm³/mol. The fourth-order valence-corrected chi connectivity index (χ4v) is 1.71. The summed E-state index contributed by atoms with van der Waals surface area (Å²) in [6.07, 6.45) is 4.33. The van der Waals surface area contributed by atoms with Crippen LogP contribution in [0.3, 0.4) is 0 Å². The Bertz CT molecular complexity index is 466. The molecule has 4 heteroatoms. The van der Waals surface area contributed by atoms with E-state index in [1.165, 1.54) is 6.07 Å². The number of hydrogen-bond donors (Lipinski definition) is 2. The highest BCUT2D eigenvalue weighted by Crippen LogP contribution is 2.09. The highest BCUT2D eigenvalue weighted by molar-refractivity contribution is 5.23. The van der Waals surface area contributed by atoms with Crippen LogP contribution in [0.4, 0.5) is 4.39 Å². The lowest BCUT2D eigenvalue weighted by Gasteiger charge is -2.06. The molecule has 3 nitrogen and oxygen atoms in total. The molecule has 2 rings (SSSR count). The molecular formula is C13H16FN3. The van der Waals surface area contributed by atoms with Crippen LogP contribution in [0, 0.1) is 12.7 Å². The summed E-state index contributed by atoms with van der Waals surface area (Å²) < 4.78 is 13.4. The fraction of sp³-hybridized carbons (Fsp3) is 0.308. The van der Waals surface area contributed by atoms with Gasteiger partial charge < -0.3 is 10.3 Å². The number of aromatic nitrogens is 2. The van der Waals surface area contributed by atoms with Crippen LogP contribution < -0.4 is 5.32 Å². The van der Waals surface area contributed by atoms with E-state index >= 15 is 0 Å². The summed E-state index contributed by atoms with van der Waals surface area (Å²) in [5.74, 6) is -0.148. The average Bonchev–Trinajstić information content (AvgIpc) is 2.82. The SMILES string of the molecule is Cc1ccc(F)c(CNCCc2cnc[nH]2)c1. The number of aromatic amines is 1. The molecule has 2 N–H and O–H groups in total. The highest BCUT2D eigenvalue weighted by atomic mass is 19.1. The van der Waals surface area contributed by atoms with Crippen molar-refractivity contribution in [3.8, 4) is 0 Å². The molecule has 2 aromatic rings. The molecule has 0 fully saturated rings. The van der Waals surface area contributed by atoms with Gasteiger partial charge in [0.1, 0.15) is 5.82 Å². The molecule has 17 heavy (non-hydrogen) atoms. The van der Waals surface area contributed by atoms with E-state index < -0.39 is 0 Å². The van der Waals surface area contributed by atoms with E-state index in [0.29, 0.717) is 6.54 Å². The van der Waals surface area contributed by atoms with Crippen LogP contribution in [0.25, 0.3) is 0 Å². The van der Waals surface area contributed by atoms with Crippen molar-refractivity contribution in [1.82, 2.24) is 15.3 Å². The largest absolute Gasteiger partial charge is 0.348 e. The molecule has 0 amide bonds. The molecule has 1 aromatic carbocycles. The van der Waals surface area contributed by atoms with Gasteiger partial charge in [-0.25, -0.2) is 9.37 Å². The summed E-state index contributed by atoms with van der Waals surface area (Å²) >= 11 is 0. The average molecular weight is 233 g/mol. The summed E-state index contributed by atoms with van der Waals surface area (Å²) in [6, 6.07) is 5.17. The molecule has 0 saturated heterocycles. The molecule has 0 spiro atoms. The van der Waals surface area contributed by atoms with Gasteiger partial charge in [-0.3, -0.25) is 0 Å². The zero-order valence-electron chi connectivity index (χ0n) is 9.83. The number of aryl methyl sites for hydroxylation is 1. The van der Waals surface area contributed by atoms with Gasteiger partial charge in [0.15, 0.2) is 0 Å². The van der Waals surface area contributed by atoms with Gasteiger partial charge in [-0.15, -0.1) is 0 Å². The van der Waals surface area contributed by atoms with Gasteiger partial charge in [0, 0.05) is 37.0 Å². The molecule has 0 atom stereocenters. The number of nitrogens with zero attached hydrogens (tertiary/aromatic N) is 1. The van der Waals surface area contributed by atoms with E-state index in [2.05, 4.69) is 15.3 Å². The number of rotatable bonds is 5. The van der Waals surface area contributed by atoms with E-state index in [0.717, 1.165) is 29.8 Å². The first-order valence-corrected chi connectivity index (χ1v) is 5.68. The van der Waals surface area contributed by atoms with Gasteiger partial charge in [0.05, 0.1) is 6.33 Å². The molecule has 0 radical (unpaired) electrons. The first-order chi connectivity index (χ1) is 8.25. The number of benzene rings is 1. The number of imidazole rings is 1. The lowest BCUT2D eigenvalue weighted by atomic mass is 10.1. The molecule has 1 heterocycles. The third kappa shape index (κ3) is 3.39. The maximum Gasteiger partial charge on any atom is 0.127 e. The first-order valence-electron chi connectivity index (χ1n) is 5.68. The molecular weight excluding hydrogens is 217 g/mol. The zero-order chi connectivity index (χ0) is 12.1. The first kappa shape index (κ1) is 11.8. The lowest BCUT2D eigenvalue weighted by Crippen LogP contribution is -2.17. The smallest absolute Gasteiger partial charge is 0.127 e. The molecule has 0 bridgehead atoms. The van der Waals surface area contributed by atoms with Crippen molar-refractivity contribution < 1.29 is 4.39 Å². The Morgan fingerprint density at radius 1 is 1.41 bits per heavy atom. The fourth-order valence-electron chi connectivity index (χ4n) is 1.71. The Hall–Kier alpha value is -1.68. The molecule has 0 aliphatic rings. The molecule has 0 aliphatic carbocycles. The third-order valence-corrected chi connectivity index (χ3v) is 2.64. The van der Waals surface area contributed by atoms with Crippen molar-refractivity contribution in [3.05, 3.63) is 53.4 Å². The van der Waals surface area contributed by atoms with Gasteiger partial charge in [-0.05, 0) is 13.0 Å². The van der Waals surface area contributed by atoms with Crippen LogP contribution >= 0.6 is 0 Å². The Balaban J connectivity index is 1.80. The highest BCUT2D eigenvalue weighted by Gasteiger charge is 2.01. The number of hydrogen-bond acceptors (Lipinski definition) is 2. The predicted octanol–water partition coefficient (Wildman–Crippen LogP) is 2.19. The number of nitrogens with one attached hydrogen (secondary N) is 2. The quantitative estimate of drug-likeness (QED) is 0.777. The summed E-state index contributed by atoms with van der Waals surface area (Å²) in [6.45, 7) is 3.32. The molecule has 90 valence electrons. The van der Waals surface area contributed by atoms with Crippen molar-refractivity contribution in [3.63, 3.8) is 0 Å². The molecule has 0 saturated carbocycles. The van der Waals surface area contributed by atoms with Crippen molar-refractivity contribution in [2.45, 2.75) is 19.9 Å². The van der Waals surface area contributed by atoms with E-state index in [-0.39, 0.29) is 5.82 Å². The van der Waals surface area contributed by atoms with E-state index in [1.54, 1.807) is 18.6 Å². The minimum atomic E-state index is -0.148. The normalized spacial score (nSPS) is 10.7. The summed E-state index contributed by atoms with van der Waals surface area (Å²) in [4.78, 5) is 6.97. The monoisotopic (exact) mass is 233 g/mol. The Morgan fingerprint density at radius 2 is 2.29 bits per heavy atom.